The number of hydrogen-bond acceptors (Lipinski definition) is 8. The van der Waals surface area contributed by atoms with Gasteiger partial charge in [0.1, 0.15) is 6.17 Å². The molecule has 1 amide bonds. The SMILES string of the molecule is O=C(NCCN1CCCC1)C1=CN2C3CCC(Cl)CC3OC3C(N4CCN(Cc5ccoc5)CC4)C(F)CC(C1=O)C32. The number of carbonyl (C=O) groups excluding carboxylic acids is 2. The molecule has 8 unspecified atom stereocenters. The maximum atomic E-state index is 16.3. The monoisotopic (exact) mass is 603 g/mol. The van der Waals surface area contributed by atoms with E-state index in [1.54, 1.807) is 18.7 Å². The zero-order valence-electron chi connectivity index (χ0n) is 24.2. The number of carbonyl (C=O) groups is 2. The van der Waals surface area contributed by atoms with Gasteiger partial charge in [-0.15, -0.1) is 11.6 Å². The van der Waals surface area contributed by atoms with E-state index in [0.29, 0.717) is 13.0 Å². The van der Waals surface area contributed by atoms with Gasteiger partial charge >= 0.3 is 0 Å². The van der Waals surface area contributed by atoms with Gasteiger partial charge in [-0.1, -0.05) is 0 Å². The number of halogens is 2. The molecule has 0 aromatic carbocycles. The summed E-state index contributed by atoms with van der Waals surface area (Å²) in [6.45, 7) is 7.34. The molecule has 1 aromatic rings. The minimum atomic E-state index is -1.22. The fourth-order valence-electron chi connectivity index (χ4n) is 8.42. The predicted octanol–water partition coefficient (Wildman–Crippen LogP) is 2.40. The van der Waals surface area contributed by atoms with Crippen molar-refractivity contribution in [3.63, 3.8) is 0 Å². The lowest BCUT2D eigenvalue weighted by Gasteiger charge is -2.61. The van der Waals surface area contributed by atoms with Crippen LogP contribution in [0.5, 0.6) is 0 Å². The molecule has 6 aliphatic rings. The zero-order valence-corrected chi connectivity index (χ0v) is 25.0. The maximum Gasteiger partial charge on any atom is 0.256 e. The molecule has 9 nitrogen and oxygen atoms in total. The molecule has 42 heavy (non-hydrogen) atoms. The summed E-state index contributed by atoms with van der Waals surface area (Å²) >= 11 is 6.61. The highest BCUT2D eigenvalue weighted by atomic mass is 35.5. The normalized spacial score (nSPS) is 37.7. The molecule has 1 aromatic heterocycles. The van der Waals surface area contributed by atoms with Crippen LogP contribution in [-0.4, -0.2) is 126 Å². The third kappa shape index (κ3) is 5.54. The van der Waals surface area contributed by atoms with Crippen molar-refractivity contribution in [2.24, 2.45) is 5.92 Å². The summed E-state index contributed by atoms with van der Waals surface area (Å²) in [6, 6.07) is 1.31. The smallest absolute Gasteiger partial charge is 0.256 e. The summed E-state index contributed by atoms with van der Waals surface area (Å²) < 4.78 is 28.3. The Bertz CT molecular complexity index is 1150. The van der Waals surface area contributed by atoms with Crippen LogP contribution < -0.4 is 5.32 Å². The summed E-state index contributed by atoms with van der Waals surface area (Å²) in [6.07, 6.45) is 8.33. The number of Topliss-reactive ketones (excluding diaryl/α,β-unsaturated/α-hetero) is 1. The molecule has 3 saturated heterocycles. The van der Waals surface area contributed by atoms with Gasteiger partial charge in [-0.25, -0.2) is 4.39 Å². The van der Waals surface area contributed by atoms with Gasteiger partial charge in [0.05, 0.1) is 48.4 Å². The van der Waals surface area contributed by atoms with Gasteiger partial charge in [-0.2, -0.15) is 0 Å². The van der Waals surface area contributed by atoms with Crippen LogP contribution >= 0.6 is 11.6 Å². The van der Waals surface area contributed by atoms with E-state index < -0.39 is 24.2 Å². The molecule has 5 heterocycles. The fraction of sp³-hybridized carbons (Fsp3) is 0.742. The molecule has 11 heteroatoms. The van der Waals surface area contributed by atoms with Crippen molar-refractivity contribution in [1.82, 2.24) is 24.9 Å². The summed E-state index contributed by atoms with van der Waals surface area (Å²) in [4.78, 5) is 36.4. The third-order valence-corrected chi connectivity index (χ3v) is 10.9. The van der Waals surface area contributed by atoms with Crippen molar-refractivity contribution >= 4 is 23.3 Å². The Balaban J connectivity index is 1.10. The van der Waals surface area contributed by atoms with Crippen LogP contribution in [0.1, 0.15) is 44.1 Å². The maximum absolute atomic E-state index is 16.3. The van der Waals surface area contributed by atoms with Gasteiger partial charge in [0.15, 0.2) is 5.78 Å². The summed E-state index contributed by atoms with van der Waals surface area (Å²) in [5.41, 5.74) is 1.31. The number of morpholine rings is 1. The van der Waals surface area contributed by atoms with E-state index in [0.717, 1.165) is 70.8 Å². The number of nitrogens with one attached hydrogen (secondary N) is 1. The number of ketones is 1. The molecule has 0 spiro atoms. The highest BCUT2D eigenvalue weighted by molar-refractivity contribution is 6.21. The van der Waals surface area contributed by atoms with E-state index in [9.17, 15) is 9.59 Å². The van der Waals surface area contributed by atoms with E-state index >= 15 is 4.39 Å². The van der Waals surface area contributed by atoms with Crippen LogP contribution in [0.4, 0.5) is 4.39 Å². The molecule has 230 valence electrons. The number of rotatable bonds is 7. The van der Waals surface area contributed by atoms with Gasteiger partial charge in [0.2, 0.25) is 0 Å². The first-order valence-electron chi connectivity index (χ1n) is 15.9. The lowest BCUT2D eigenvalue weighted by molar-refractivity contribution is -0.212. The number of piperazine rings is 1. The second-order valence-corrected chi connectivity index (χ2v) is 13.7. The quantitative estimate of drug-likeness (QED) is 0.376. The summed E-state index contributed by atoms with van der Waals surface area (Å²) in [5, 5.41) is 3.00. The lowest BCUT2D eigenvalue weighted by atomic mass is 9.69. The van der Waals surface area contributed by atoms with Crippen molar-refractivity contribution in [2.75, 3.05) is 52.4 Å². The van der Waals surface area contributed by atoms with E-state index in [1.807, 2.05) is 6.07 Å². The molecule has 5 fully saturated rings. The Hall–Kier alpha value is -1.98. The molecule has 1 N–H and O–H groups in total. The Kier molecular flexibility index (Phi) is 8.35. The first kappa shape index (κ1) is 28.8. The molecule has 0 bridgehead atoms. The average Bonchev–Trinajstić information content (AvgIpc) is 3.70. The van der Waals surface area contributed by atoms with Crippen LogP contribution in [-0.2, 0) is 20.9 Å². The van der Waals surface area contributed by atoms with Gasteiger partial charge < -0.3 is 24.3 Å². The number of fused-ring (bicyclic) bond motifs is 2. The van der Waals surface area contributed by atoms with Gasteiger partial charge in [0, 0.05) is 68.9 Å². The Morgan fingerprint density at radius 3 is 2.62 bits per heavy atom. The number of likely N-dealkylation sites (tertiary alicyclic amines) is 1. The largest absolute Gasteiger partial charge is 0.472 e. The van der Waals surface area contributed by atoms with E-state index in [1.165, 1.54) is 12.8 Å². The van der Waals surface area contributed by atoms with Crippen LogP contribution in [0.3, 0.4) is 0 Å². The molecular weight excluding hydrogens is 561 g/mol. The van der Waals surface area contributed by atoms with E-state index in [-0.39, 0.29) is 47.2 Å². The Morgan fingerprint density at radius 2 is 1.86 bits per heavy atom. The van der Waals surface area contributed by atoms with Crippen LogP contribution in [0, 0.1) is 5.92 Å². The Labute approximate surface area is 252 Å². The molecule has 4 aliphatic heterocycles. The minimum absolute atomic E-state index is 0.0111. The molecule has 0 radical (unpaired) electrons. The number of amides is 1. The number of furan rings is 1. The summed E-state index contributed by atoms with van der Waals surface area (Å²) in [5.74, 6) is -1.17. The van der Waals surface area contributed by atoms with E-state index in [2.05, 4.69) is 24.9 Å². The highest BCUT2D eigenvalue weighted by Crippen LogP contribution is 2.47. The molecule has 8 atom stereocenters. The van der Waals surface area contributed by atoms with Gasteiger partial charge in [-0.05, 0) is 57.7 Å². The van der Waals surface area contributed by atoms with Gasteiger partial charge in [0.25, 0.3) is 5.91 Å². The standard InChI is InChI=1S/C31H43ClFN5O4/c32-21-3-4-25-26(15-21)42-30-27-22(29(39)23(18-38(25)27)31(40)34-6-9-35-7-1-2-8-35)16-24(33)28(30)37-12-10-36(11-13-37)17-20-5-14-41-19-20/h5,14,18-19,21-22,24-28,30H,1-4,6-13,15-17H2,(H,34,40). The lowest BCUT2D eigenvalue weighted by Crippen LogP contribution is -2.74. The van der Waals surface area contributed by atoms with Crippen LogP contribution in [0.2, 0.25) is 0 Å². The number of hydrogen-bond donors (Lipinski definition) is 1. The molecule has 2 saturated carbocycles. The minimum Gasteiger partial charge on any atom is -0.472 e. The molecule has 7 rings (SSSR count). The zero-order chi connectivity index (χ0) is 28.8. The first-order valence-corrected chi connectivity index (χ1v) is 16.3. The average molecular weight is 604 g/mol. The van der Waals surface area contributed by atoms with Crippen molar-refractivity contribution in [3.05, 3.63) is 35.9 Å². The summed E-state index contributed by atoms with van der Waals surface area (Å²) in [7, 11) is 0. The van der Waals surface area contributed by atoms with Crippen LogP contribution in [0.25, 0.3) is 0 Å². The topological polar surface area (TPSA) is 81.5 Å². The first-order chi connectivity index (χ1) is 20.5. The molecule has 2 aliphatic carbocycles. The molecular formula is C31H43ClFN5O4. The fourth-order valence-corrected chi connectivity index (χ4v) is 8.73. The van der Waals surface area contributed by atoms with Crippen molar-refractivity contribution in [3.8, 4) is 0 Å². The second kappa shape index (κ2) is 12.2. The number of nitrogens with zero attached hydrogens (tertiary/aromatic N) is 4. The third-order valence-electron chi connectivity index (χ3n) is 10.5. The number of ether oxygens (including phenoxy) is 1. The van der Waals surface area contributed by atoms with E-state index in [4.69, 9.17) is 20.8 Å². The van der Waals surface area contributed by atoms with Crippen molar-refractivity contribution in [2.45, 2.75) is 87.0 Å². The van der Waals surface area contributed by atoms with Crippen LogP contribution in [0.15, 0.2) is 34.8 Å². The number of alkyl halides is 2. The highest BCUT2D eigenvalue weighted by Gasteiger charge is 2.60. The predicted molar refractivity (Wildman–Crippen MR) is 156 cm³/mol. The van der Waals surface area contributed by atoms with Crippen molar-refractivity contribution in [1.29, 1.82) is 0 Å². The Morgan fingerprint density at radius 1 is 1.05 bits per heavy atom. The van der Waals surface area contributed by atoms with Crippen molar-refractivity contribution < 1.29 is 23.1 Å². The second-order valence-electron chi connectivity index (χ2n) is 13.1. The van der Waals surface area contributed by atoms with Gasteiger partial charge in [-0.3, -0.25) is 19.4 Å².